The average molecular weight is 295 g/mol. The number of anilines is 1. The Balaban J connectivity index is 1.50. The van der Waals surface area contributed by atoms with E-state index in [0.717, 1.165) is 24.3 Å². The molecule has 1 heterocycles. The van der Waals surface area contributed by atoms with Crippen molar-refractivity contribution in [1.29, 1.82) is 0 Å². The molecule has 1 aliphatic rings. The van der Waals surface area contributed by atoms with Gasteiger partial charge in [0.25, 0.3) is 0 Å². The molecular formula is C18H21N3O. The fourth-order valence-electron chi connectivity index (χ4n) is 2.73. The summed E-state index contributed by atoms with van der Waals surface area (Å²) in [4.78, 5) is 11.9. The van der Waals surface area contributed by atoms with Crippen molar-refractivity contribution in [2.75, 3.05) is 18.4 Å². The van der Waals surface area contributed by atoms with Crippen LogP contribution in [0.25, 0.3) is 0 Å². The van der Waals surface area contributed by atoms with Crippen LogP contribution in [0.5, 0.6) is 0 Å². The molecule has 0 radical (unpaired) electrons. The monoisotopic (exact) mass is 295 g/mol. The van der Waals surface area contributed by atoms with E-state index < -0.39 is 0 Å². The molecule has 0 spiro atoms. The van der Waals surface area contributed by atoms with Gasteiger partial charge in [-0.2, -0.15) is 0 Å². The van der Waals surface area contributed by atoms with Crippen LogP contribution in [0.4, 0.5) is 10.5 Å². The molecule has 1 atom stereocenters. The molecule has 4 heteroatoms. The van der Waals surface area contributed by atoms with Crippen molar-refractivity contribution in [2.45, 2.75) is 18.9 Å². The molecule has 0 aliphatic carbocycles. The Hall–Kier alpha value is -2.33. The Kier molecular flexibility index (Phi) is 4.71. The van der Waals surface area contributed by atoms with E-state index in [0.29, 0.717) is 12.5 Å². The maximum atomic E-state index is 11.9. The predicted molar refractivity (Wildman–Crippen MR) is 89.0 cm³/mol. The highest BCUT2D eigenvalue weighted by Gasteiger charge is 2.16. The SMILES string of the molecule is O=C(NCc1ccccc1)Nc1ccc(C2CCNC2)cc1. The zero-order valence-electron chi connectivity index (χ0n) is 12.5. The van der Waals surface area contributed by atoms with E-state index in [9.17, 15) is 4.79 Å². The fraction of sp³-hybridized carbons (Fsp3) is 0.278. The van der Waals surface area contributed by atoms with Crippen molar-refractivity contribution >= 4 is 11.7 Å². The van der Waals surface area contributed by atoms with Crippen molar-refractivity contribution in [2.24, 2.45) is 0 Å². The van der Waals surface area contributed by atoms with E-state index >= 15 is 0 Å². The summed E-state index contributed by atoms with van der Waals surface area (Å²) in [5.74, 6) is 0.598. The lowest BCUT2D eigenvalue weighted by molar-refractivity contribution is 0.251. The topological polar surface area (TPSA) is 53.2 Å². The van der Waals surface area contributed by atoms with Crippen LogP contribution in [0.1, 0.15) is 23.5 Å². The normalized spacial score (nSPS) is 17.2. The van der Waals surface area contributed by atoms with E-state index in [1.807, 2.05) is 42.5 Å². The van der Waals surface area contributed by atoms with Gasteiger partial charge in [0.15, 0.2) is 0 Å². The summed E-state index contributed by atoms with van der Waals surface area (Å²) in [6, 6.07) is 17.8. The minimum Gasteiger partial charge on any atom is -0.334 e. The number of nitrogens with one attached hydrogen (secondary N) is 3. The first-order valence-electron chi connectivity index (χ1n) is 7.71. The Morgan fingerprint density at radius 3 is 2.55 bits per heavy atom. The zero-order valence-corrected chi connectivity index (χ0v) is 12.5. The Morgan fingerprint density at radius 1 is 1.09 bits per heavy atom. The third kappa shape index (κ3) is 3.86. The summed E-state index contributed by atoms with van der Waals surface area (Å²) in [5.41, 5.74) is 3.24. The molecule has 1 saturated heterocycles. The molecule has 1 unspecified atom stereocenters. The van der Waals surface area contributed by atoms with Crippen LogP contribution < -0.4 is 16.0 Å². The molecule has 22 heavy (non-hydrogen) atoms. The molecule has 4 nitrogen and oxygen atoms in total. The predicted octanol–water partition coefficient (Wildman–Crippen LogP) is 3.09. The summed E-state index contributed by atoms with van der Waals surface area (Å²) < 4.78 is 0. The number of urea groups is 1. The average Bonchev–Trinajstić information content (AvgIpc) is 3.09. The highest BCUT2D eigenvalue weighted by molar-refractivity contribution is 5.89. The van der Waals surface area contributed by atoms with Crippen molar-refractivity contribution in [3.8, 4) is 0 Å². The number of hydrogen-bond acceptors (Lipinski definition) is 2. The molecule has 114 valence electrons. The number of carbonyl (C=O) groups is 1. The summed E-state index contributed by atoms with van der Waals surface area (Å²) in [7, 11) is 0. The summed E-state index contributed by atoms with van der Waals surface area (Å²) in [5, 5.41) is 9.09. The van der Waals surface area contributed by atoms with E-state index in [4.69, 9.17) is 0 Å². The van der Waals surface area contributed by atoms with Crippen molar-refractivity contribution in [1.82, 2.24) is 10.6 Å². The molecule has 3 rings (SSSR count). The van der Waals surface area contributed by atoms with Gasteiger partial charge < -0.3 is 16.0 Å². The zero-order chi connectivity index (χ0) is 15.2. The van der Waals surface area contributed by atoms with Gasteiger partial charge in [-0.3, -0.25) is 0 Å². The summed E-state index contributed by atoms with van der Waals surface area (Å²) in [6.07, 6.45) is 1.18. The Morgan fingerprint density at radius 2 is 1.86 bits per heavy atom. The molecule has 1 aliphatic heterocycles. The minimum absolute atomic E-state index is 0.181. The molecule has 0 aromatic heterocycles. The van der Waals surface area contributed by atoms with E-state index in [1.165, 1.54) is 12.0 Å². The largest absolute Gasteiger partial charge is 0.334 e. The van der Waals surface area contributed by atoms with Crippen LogP contribution in [0.3, 0.4) is 0 Å². The number of benzene rings is 2. The molecule has 3 N–H and O–H groups in total. The van der Waals surface area contributed by atoms with E-state index in [-0.39, 0.29) is 6.03 Å². The molecule has 2 aromatic rings. The minimum atomic E-state index is -0.181. The number of amides is 2. The van der Waals surface area contributed by atoms with Crippen LogP contribution in [-0.2, 0) is 6.54 Å². The Bertz CT molecular complexity index is 604. The highest BCUT2D eigenvalue weighted by Crippen LogP contribution is 2.23. The number of hydrogen-bond donors (Lipinski definition) is 3. The lowest BCUT2D eigenvalue weighted by Gasteiger charge is -2.11. The van der Waals surface area contributed by atoms with Crippen LogP contribution in [0.15, 0.2) is 54.6 Å². The van der Waals surface area contributed by atoms with Gasteiger partial charge >= 0.3 is 6.03 Å². The van der Waals surface area contributed by atoms with Gasteiger partial charge in [0.05, 0.1) is 0 Å². The first-order valence-corrected chi connectivity index (χ1v) is 7.71. The van der Waals surface area contributed by atoms with Crippen molar-refractivity contribution in [3.63, 3.8) is 0 Å². The third-order valence-electron chi connectivity index (χ3n) is 4.00. The molecule has 1 fully saturated rings. The van der Waals surface area contributed by atoms with Gasteiger partial charge in [0, 0.05) is 18.8 Å². The van der Waals surface area contributed by atoms with Crippen LogP contribution >= 0.6 is 0 Å². The third-order valence-corrected chi connectivity index (χ3v) is 4.00. The summed E-state index contributed by atoms with van der Waals surface area (Å²) >= 11 is 0. The van der Waals surface area contributed by atoms with Gasteiger partial charge in [-0.15, -0.1) is 0 Å². The quantitative estimate of drug-likeness (QED) is 0.812. The van der Waals surface area contributed by atoms with Crippen LogP contribution in [-0.4, -0.2) is 19.1 Å². The molecular weight excluding hydrogens is 274 g/mol. The van der Waals surface area contributed by atoms with Crippen molar-refractivity contribution in [3.05, 3.63) is 65.7 Å². The van der Waals surface area contributed by atoms with E-state index in [2.05, 4.69) is 28.1 Å². The lowest BCUT2D eigenvalue weighted by atomic mass is 9.98. The first-order chi connectivity index (χ1) is 10.8. The molecule has 0 bridgehead atoms. The Labute approximate surface area is 130 Å². The van der Waals surface area contributed by atoms with Gasteiger partial charge in [-0.1, -0.05) is 42.5 Å². The lowest BCUT2D eigenvalue weighted by Crippen LogP contribution is -2.28. The van der Waals surface area contributed by atoms with Gasteiger partial charge in [-0.25, -0.2) is 4.79 Å². The van der Waals surface area contributed by atoms with Crippen LogP contribution in [0.2, 0.25) is 0 Å². The van der Waals surface area contributed by atoms with Gasteiger partial charge in [0.2, 0.25) is 0 Å². The number of rotatable bonds is 4. The molecule has 0 saturated carbocycles. The molecule has 2 aromatic carbocycles. The second-order valence-corrected chi connectivity index (χ2v) is 5.61. The second-order valence-electron chi connectivity index (χ2n) is 5.61. The highest BCUT2D eigenvalue weighted by atomic mass is 16.2. The molecule has 2 amide bonds. The maximum absolute atomic E-state index is 11.9. The van der Waals surface area contributed by atoms with Crippen molar-refractivity contribution < 1.29 is 4.79 Å². The van der Waals surface area contributed by atoms with Crippen LogP contribution in [0, 0.1) is 0 Å². The first kappa shape index (κ1) is 14.6. The van der Waals surface area contributed by atoms with E-state index in [1.54, 1.807) is 0 Å². The second kappa shape index (κ2) is 7.09. The smallest absolute Gasteiger partial charge is 0.319 e. The maximum Gasteiger partial charge on any atom is 0.319 e. The number of carbonyl (C=O) groups excluding carboxylic acids is 1. The van der Waals surface area contributed by atoms with Gasteiger partial charge in [-0.05, 0) is 42.1 Å². The fourth-order valence-corrected chi connectivity index (χ4v) is 2.73. The standard InChI is InChI=1S/C18H21N3O/c22-18(20-12-14-4-2-1-3-5-14)21-17-8-6-15(7-9-17)16-10-11-19-13-16/h1-9,16,19H,10-13H2,(H2,20,21,22). The summed E-state index contributed by atoms with van der Waals surface area (Å²) in [6.45, 7) is 2.66. The van der Waals surface area contributed by atoms with Gasteiger partial charge in [0.1, 0.15) is 0 Å².